The van der Waals surface area contributed by atoms with Crippen molar-refractivity contribution in [2.24, 2.45) is 0 Å². The minimum absolute atomic E-state index is 0.0810. The molecule has 7 heteroatoms. The molecular weight excluding hydrogens is 450 g/mol. The van der Waals surface area contributed by atoms with Crippen LogP contribution in [0.3, 0.4) is 0 Å². The SMILES string of the molecule is COc1ccc(-n2c(CCC(=O)NCCCN3CCOCC3)ccc2-c2ccc(Cl)cc2)cc1. The first-order chi connectivity index (χ1) is 16.6. The summed E-state index contributed by atoms with van der Waals surface area (Å²) in [5.74, 6) is 0.888. The van der Waals surface area contributed by atoms with Crippen molar-refractivity contribution < 1.29 is 14.3 Å². The normalized spacial score (nSPS) is 14.2. The van der Waals surface area contributed by atoms with Crippen LogP contribution in [-0.2, 0) is 16.0 Å². The molecule has 6 nitrogen and oxygen atoms in total. The Hall–Kier alpha value is -2.80. The average Bonchev–Trinajstić information content (AvgIpc) is 3.30. The van der Waals surface area contributed by atoms with E-state index < -0.39 is 0 Å². The van der Waals surface area contributed by atoms with Gasteiger partial charge in [0.05, 0.1) is 26.0 Å². The summed E-state index contributed by atoms with van der Waals surface area (Å²) in [5.41, 5.74) is 4.23. The molecule has 1 aliphatic rings. The molecule has 0 atom stereocenters. The second-order valence-corrected chi connectivity index (χ2v) is 8.84. The molecule has 0 saturated carbocycles. The van der Waals surface area contributed by atoms with E-state index >= 15 is 0 Å². The Morgan fingerprint density at radius 1 is 1.03 bits per heavy atom. The number of nitrogens with zero attached hydrogens (tertiary/aromatic N) is 2. The highest BCUT2D eigenvalue weighted by atomic mass is 35.5. The largest absolute Gasteiger partial charge is 0.497 e. The number of nitrogens with one attached hydrogen (secondary N) is 1. The number of carbonyl (C=O) groups excluding carboxylic acids is 1. The van der Waals surface area contributed by atoms with Gasteiger partial charge in [-0.05, 0) is 73.5 Å². The Labute approximate surface area is 206 Å². The zero-order chi connectivity index (χ0) is 23.8. The van der Waals surface area contributed by atoms with E-state index in [1.165, 1.54) is 0 Å². The highest BCUT2D eigenvalue weighted by Gasteiger charge is 2.14. The molecule has 1 N–H and O–H groups in total. The fourth-order valence-electron chi connectivity index (χ4n) is 4.24. The first kappa shape index (κ1) is 24.3. The molecule has 1 fully saturated rings. The molecule has 34 heavy (non-hydrogen) atoms. The van der Waals surface area contributed by atoms with Crippen LogP contribution in [0.25, 0.3) is 16.9 Å². The van der Waals surface area contributed by atoms with E-state index in [9.17, 15) is 4.79 Å². The minimum Gasteiger partial charge on any atom is -0.497 e. The van der Waals surface area contributed by atoms with E-state index in [4.69, 9.17) is 21.1 Å². The van der Waals surface area contributed by atoms with Crippen molar-refractivity contribution in [3.8, 4) is 22.7 Å². The van der Waals surface area contributed by atoms with Crippen LogP contribution in [0.2, 0.25) is 5.02 Å². The number of rotatable bonds is 10. The summed E-state index contributed by atoms with van der Waals surface area (Å²) < 4.78 is 12.9. The monoisotopic (exact) mass is 481 g/mol. The smallest absolute Gasteiger partial charge is 0.220 e. The summed E-state index contributed by atoms with van der Waals surface area (Å²) >= 11 is 6.10. The van der Waals surface area contributed by atoms with E-state index in [2.05, 4.69) is 26.9 Å². The number of halogens is 1. The van der Waals surface area contributed by atoms with Gasteiger partial charge in [0, 0.05) is 42.5 Å². The van der Waals surface area contributed by atoms with Gasteiger partial charge in [-0.1, -0.05) is 23.7 Å². The van der Waals surface area contributed by atoms with Crippen molar-refractivity contribution in [2.45, 2.75) is 19.3 Å². The van der Waals surface area contributed by atoms with Gasteiger partial charge in [0.2, 0.25) is 5.91 Å². The highest BCUT2D eigenvalue weighted by Crippen LogP contribution is 2.29. The van der Waals surface area contributed by atoms with Gasteiger partial charge < -0.3 is 19.4 Å². The molecule has 1 saturated heterocycles. The zero-order valence-corrected chi connectivity index (χ0v) is 20.4. The maximum atomic E-state index is 12.5. The van der Waals surface area contributed by atoms with Gasteiger partial charge in [-0.25, -0.2) is 0 Å². The van der Waals surface area contributed by atoms with Gasteiger partial charge in [0.15, 0.2) is 0 Å². The van der Waals surface area contributed by atoms with Gasteiger partial charge >= 0.3 is 0 Å². The molecular formula is C27H32ClN3O3. The maximum absolute atomic E-state index is 12.5. The Bertz CT molecular complexity index is 1060. The minimum atomic E-state index is 0.0810. The van der Waals surface area contributed by atoms with E-state index in [1.54, 1.807) is 7.11 Å². The number of carbonyl (C=O) groups is 1. The molecule has 0 bridgehead atoms. The van der Waals surface area contributed by atoms with Crippen LogP contribution < -0.4 is 10.1 Å². The average molecular weight is 482 g/mol. The van der Waals surface area contributed by atoms with Crippen molar-refractivity contribution in [1.82, 2.24) is 14.8 Å². The van der Waals surface area contributed by atoms with Gasteiger partial charge in [0.25, 0.3) is 0 Å². The van der Waals surface area contributed by atoms with Gasteiger partial charge in [-0.15, -0.1) is 0 Å². The molecule has 1 amide bonds. The number of morpholine rings is 1. The van der Waals surface area contributed by atoms with Crippen molar-refractivity contribution in [1.29, 1.82) is 0 Å². The molecule has 180 valence electrons. The molecule has 1 aromatic heterocycles. The van der Waals surface area contributed by atoms with Gasteiger partial charge in [-0.2, -0.15) is 0 Å². The number of methoxy groups -OCH3 is 1. The predicted octanol–water partition coefficient (Wildman–Crippen LogP) is 4.58. The summed E-state index contributed by atoms with van der Waals surface area (Å²) in [6, 6.07) is 20.0. The van der Waals surface area contributed by atoms with Gasteiger partial charge in [-0.3, -0.25) is 9.69 Å². The molecule has 0 aliphatic carbocycles. The number of ether oxygens (including phenoxy) is 2. The maximum Gasteiger partial charge on any atom is 0.220 e. The number of aromatic nitrogens is 1. The third-order valence-electron chi connectivity index (χ3n) is 6.12. The van der Waals surface area contributed by atoms with Crippen molar-refractivity contribution in [3.05, 3.63) is 71.4 Å². The van der Waals surface area contributed by atoms with Crippen molar-refractivity contribution in [2.75, 3.05) is 46.5 Å². The topological polar surface area (TPSA) is 55.7 Å². The van der Waals surface area contributed by atoms with Crippen LogP contribution in [0.4, 0.5) is 0 Å². The Kier molecular flexibility index (Phi) is 8.63. The molecule has 2 heterocycles. The van der Waals surface area contributed by atoms with Crippen molar-refractivity contribution >= 4 is 17.5 Å². The van der Waals surface area contributed by atoms with Crippen LogP contribution in [0.15, 0.2) is 60.7 Å². The Balaban J connectivity index is 1.41. The lowest BCUT2D eigenvalue weighted by Gasteiger charge is -2.26. The first-order valence-electron chi connectivity index (χ1n) is 11.8. The Morgan fingerprint density at radius 2 is 1.76 bits per heavy atom. The number of hydrogen-bond donors (Lipinski definition) is 1. The fraction of sp³-hybridized carbons (Fsp3) is 0.370. The molecule has 2 aromatic carbocycles. The van der Waals surface area contributed by atoms with Crippen molar-refractivity contribution in [3.63, 3.8) is 0 Å². The first-order valence-corrected chi connectivity index (χ1v) is 12.2. The second kappa shape index (κ2) is 12.1. The van der Waals surface area contributed by atoms with Crippen LogP contribution in [0, 0.1) is 0 Å². The zero-order valence-electron chi connectivity index (χ0n) is 19.6. The fourth-order valence-corrected chi connectivity index (χ4v) is 4.37. The van der Waals surface area contributed by atoms with Crippen LogP contribution in [0.5, 0.6) is 5.75 Å². The summed E-state index contributed by atoms with van der Waals surface area (Å²) in [4.78, 5) is 14.9. The number of aryl methyl sites for hydroxylation is 1. The molecule has 0 radical (unpaired) electrons. The summed E-state index contributed by atoms with van der Waals surface area (Å²) in [6.45, 7) is 5.26. The summed E-state index contributed by atoms with van der Waals surface area (Å²) in [6.07, 6.45) is 2.04. The van der Waals surface area contributed by atoms with E-state index in [0.717, 1.165) is 67.7 Å². The lowest BCUT2D eigenvalue weighted by Crippen LogP contribution is -2.38. The molecule has 0 unspecified atom stereocenters. The van der Waals surface area contributed by atoms with Crippen LogP contribution >= 0.6 is 11.6 Å². The second-order valence-electron chi connectivity index (χ2n) is 8.41. The summed E-state index contributed by atoms with van der Waals surface area (Å²) in [5, 5.41) is 3.78. The molecule has 4 rings (SSSR count). The van der Waals surface area contributed by atoms with E-state index in [-0.39, 0.29) is 5.91 Å². The lowest BCUT2D eigenvalue weighted by molar-refractivity contribution is -0.121. The quantitative estimate of drug-likeness (QED) is 0.431. The number of hydrogen-bond acceptors (Lipinski definition) is 4. The lowest BCUT2D eigenvalue weighted by atomic mass is 10.1. The standard InChI is InChI=1S/C27H32ClN3O3/c1-33-25-11-7-23(8-12-25)31-24(9-13-26(31)21-3-5-22(28)6-4-21)10-14-27(32)29-15-2-16-30-17-19-34-20-18-30/h3-9,11-13H,2,10,14-20H2,1H3,(H,29,32). The molecule has 3 aromatic rings. The van der Waals surface area contributed by atoms with Crippen LogP contribution in [0.1, 0.15) is 18.5 Å². The molecule has 1 aliphatic heterocycles. The highest BCUT2D eigenvalue weighted by molar-refractivity contribution is 6.30. The number of benzene rings is 2. The predicted molar refractivity (Wildman–Crippen MR) is 136 cm³/mol. The summed E-state index contributed by atoms with van der Waals surface area (Å²) in [7, 11) is 1.66. The Morgan fingerprint density at radius 3 is 2.47 bits per heavy atom. The third kappa shape index (κ3) is 6.41. The molecule has 0 spiro atoms. The third-order valence-corrected chi connectivity index (χ3v) is 6.37. The van der Waals surface area contributed by atoms with E-state index in [0.29, 0.717) is 24.4 Å². The van der Waals surface area contributed by atoms with Crippen LogP contribution in [-0.4, -0.2) is 61.9 Å². The van der Waals surface area contributed by atoms with E-state index in [1.807, 2.05) is 48.5 Å². The number of amides is 1. The van der Waals surface area contributed by atoms with Gasteiger partial charge in [0.1, 0.15) is 5.75 Å².